The maximum atomic E-state index is 14.4. The summed E-state index contributed by atoms with van der Waals surface area (Å²) < 4.78 is 88.2. The summed E-state index contributed by atoms with van der Waals surface area (Å²) in [6.07, 6.45) is 0. The summed E-state index contributed by atoms with van der Waals surface area (Å²) in [7, 11) is -1.68. The highest BCUT2D eigenvalue weighted by Gasteiger charge is 2.33. The molecule has 0 radical (unpaired) electrons. The first-order valence-electron chi connectivity index (χ1n) is 7.98. The molecule has 0 fully saturated rings. The molecule has 0 atom stereocenters. The second-order valence-corrected chi connectivity index (χ2v) is 7.85. The number of rotatable bonds is 4. The highest BCUT2D eigenvalue weighted by molar-refractivity contribution is 7.97. The van der Waals surface area contributed by atoms with E-state index in [1.807, 2.05) is 0 Å². The van der Waals surface area contributed by atoms with Crippen molar-refractivity contribution in [3.8, 4) is 5.75 Å². The molecule has 0 N–H and O–H groups in total. The van der Waals surface area contributed by atoms with Crippen LogP contribution in [0.4, 0.5) is 26.3 Å². The van der Waals surface area contributed by atoms with E-state index in [0.29, 0.717) is 12.1 Å². The Labute approximate surface area is 164 Å². The predicted octanol–water partition coefficient (Wildman–Crippen LogP) is 5.54. The first-order chi connectivity index (χ1) is 13.6. The van der Waals surface area contributed by atoms with E-state index < -0.39 is 57.5 Å². The van der Waals surface area contributed by atoms with Crippen molar-refractivity contribution >= 4 is 16.9 Å². The molecule has 3 rings (SSSR count). The second-order valence-electron chi connectivity index (χ2n) is 5.83. The van der Waals surface area contributed by atoms with Crippen LogP contribution in [0.2, 0.25) is 0 Å². The van der Waals surface area contributed by atoms with Crippen LogP contribution in [0.3, 0.4) is 0 Å². The average molecular weight is 429 g/mol. The van der Waals surface area contributed by atoms with E-state index in [0.717, 1.165) is 43.3 Å². The zero-order valence-electron chi connectivity index (χ0n) is 14.6. The van der Waals surface area contributed by atoms with E-state index in [2.05, 4.69) is 4.74 Å². The van der Waals surface area contributed by atoms with Crippen molar-refractivity contribution in [1.29, 1.82) is 0 Å². The molecule has 0 aliphatic rings. The third-order valence-electron chi connectivity index (χ3n) is 3.60. The van der Waals surface area contributed by atoms with Gasteiger partial charge in [-0.05, 0) is 0 Å². The SMILES string of the molecule is CC(=O)Oc1c(F)cc([S+](c2cc(F)cc(F)c2)c2cc(F)cc(F)c2)cc1F. The van der Waals surface area contributed by atoms with Crippen LogP contribution >= 0.6 is 0 Å². The zero-order chi connectivity index (χ0) is 21.3. The van der Waals surface area contributed by atoms with Crippen LogP contribution in [0.5, 0.6) is 5.75 Å². The van der Waals surface area contributed by atoms with Gasteiger partial charge in [0.25, 0.3) is 0 Å². The molecule has 0 aromatic heterocycles. The topological polar surface area (TPSA) is 26.3 Å². The Morgan fingerprint density at radius 3 is 1.34 bits per heavy atom. The summed E-state index contributed by atoms with van der Waals surface area (Å²) >= 11 is 0. The Morgan fingerprint density at radius 2 is 1.00 bits per heavy atom. The van der Waals surface area contributed by atoms with Crippen molar-refractivity contribution in [3.63, 3.8) is 0 Å². The Morgan fingerprint density at radius 1 is 0.655 bits per heavy atom. The quantitative estimate of drug-likeness (QED) is 0.236. The third-order valence-corrected chi connectivity index (χ3v) is 5.72. The smallest absolute Gasteiger partial charge is 0.308 e. The van der Waals surface area contributed by atoms with Gasteiger partial charge in [0.05, 0.1) is 10.9 Å². The van der Waals surface area contributed by atoms with Gasteiger partial charge in [-0.25, -0.2) is 26.3 Å². The van der Waals surface area contributed by atoms with E-state index in [1.54, 1.807) is 0 Å². The van der Waals surface area contributed by atoms with Gasteiger partial charge in [0.1, 0.15) is 23.3 Å². The first-order valence-corrected chi connectivity index (χ1v) is 9.20. The Balaban J connectivity index is 2.24. The number of halogens is 6. The van der Waals surface area contributed by atoms with Gasteiger partial charge in [-0.2, -0.15) is 0 Å². The van der Waals surface area contributed by atoms with Crippen LogP contribution < -0.4 is 4.74 Å². The molecule has 150 valence electrons. The minimum atomic E-state index is -1.68. The van der Waals surface area contributed by atoms with Gasteiger partial charge in [0.2, 0.25) is 5.75 Å². The summed E-state index contributed by atoms with van der Waals surface area (Å²) in [5.41, 5.74) is 0. The average Bonchev–Trinajstić information content (AvgIpc) is 2.56. The predicted molar refractivity (Wildman–Crippen MR) is 92.5 cm³/mol. The lowest BCUT2D eigenvalue weighted by molar-refractivity contribution is -0.132. The molecule has 0 spiro atoms. The summed E-state index contributed by atoms with van der Waals surface area (Å²) in [4.78, 5) is 10.6. The molecule has 3 aromatic carbocycles. The lowest BCUT2D eigenvalue weighted by Gasteiger charge is -2.11. The molecule has 0 unspecified atom stereocenters. The lowest BCUT2D eigenvalue weighted by Crippen LogP contribution is -2.10. The van der Waals surface area contributed by atoms with Gasteiger partial charge in [0, 0.05) is 55.5 Å². The number of carbonyl (C=O) groups excluding carboxylic acids is 1. The fraction of sp³-hybridized carbons (Fsp3) is 0.0500. The number of hydrogen-bond acceptors (Lipinski definition) is 2. The van der Waals surface area contributed by atoms with E-state index in [9.17, 15) is 31.1 Å². The fourth-order valence-corrected chi connectivity index (χ4v) is 4.78. The summed E-state index contributed by atoms with van der Waals surface area (Å²) in [5, 5.41) is 0. The lowest BCUT2D eigenvalue weighted by atomic mass is 10.3. The maximum absolute atomic E-state index is 14.4. The standard InChI is InChI=1S/C20H11F6O2S/c1-10(27)28-20-18(25)8-17(9-19(20)26)29(15-4-11(21)2-12(22)5-15)16-6-13(23)3-14(24)7-16/h2-9H,1H3/q+1. The van der Waals surface area contributed by atoms with Gasteiger partial charge < -0.3 is 4.74 Å². The van der Waals surface area contributed by atoms with Crippen LogP contribution in [-0.4, -0.2) is 5.97 Å². The number of carbonyl (C=O) groups is 1. The third kappa shape index (κ3) is 4.73. The molecule has 0 aliphatic carbocycles. The zero-order valence-corrected chi connectivity index (χ0v) is 15.4. The van der Waals surface area contributed by atoms with E-state index in [-0.39, 0.29) is 14.7 Å². The van der Waals surface area contributed by atoms with E-state index in [4.69, 9.17) is 0 Å². The molecule has 0 bridgehead atoms. The van der Waals surface area contributed by atoms with Gasteiger partial charge in [-0.3, -0.25) is 4.79 Å². The molecular formula is C20H11F6O2S+. The van der Waals surface area contributed by atoms with Crippen molar-refractivity contribution in [3.05, 3.63) is 83.4 Å². The van der Waals surface area contributed by atoms with Crippen LogP contribution in [0.1, 0.15) is 6.92 Å². The van der Waals surface area contributed by atoms with Crippen molar-refractivity contribution < 1.29 is 35.9 Å². The summed E-state index contributed by atoms with van der Waals surface area (Å²) in [6.45, 7) is 0.947. The molecule has 0 aliphatic heterocycles. The van der Waals surface area contributed by atoms with Crippen LogP contribution in [0, 0.1) is 34.9 Å². The van der Waals surface area contributed by atoms with Crippen LogP contribution in [-0.2, 0) is 15.7 Å². The van der Waals surface area contributed by atoms with Crippen molar-refractivity contribution in [1.82, 2.24) is 0 Å². The highest BCUT2D eigenvalue weighted by Crippen LogP contribution is 2.36. The summed E-state index contributed by atoms with van der Waals surface area (Å²) in [5.74, 6) is -8.37. The molecule has 3 aromatic rings. The van der Waals surface area contributed by atoms with Crippen LogP contribution in [0.15, 0.2) is 63.2 Å². The number of benzene rings is 3. The molecule has 0 saturated heterocycles. The Hall–Kier alpha value is -2.94. The van der Waals surface area contributed by atoms with Gasteiger partial charge in [-0.15, -0.1) is 0 Å². The number of esters is 1. The molecular weight excluding hydrogens is 418 g/mol. The van der Waals surface area contributed by atoms with Gasteiger partial charge in [0.15, 0.2) is 26.3 Å². The van der Waals surface area contributed by atoms with Gasteiger partial charge in [-0.1, -0.05) is 0 Å². The minimum Gasteiger partial charge on any atom is -0.420 e. The Bertz CT molecular complexity index is 987. The number of ether oxygens (including phenoxy) is 1. The van der Waals surface area contributed by atoms with Gasteiger partial charge >= 0.3 is 5.97 Å². The molecule has 29 heavy (non-hydrogen) atoms. The molecule has 0 amide bonds. The van der Waals surface area contributed by atoms with E-state index >= 15 is 0 Å². The number of hydrogen-bond donors (Lipinski definition) is 0. The molecule has 2 nitrogen and oxygen atoms in total. The molecule has 0 saturated carbocycles. The maximum Gasteiger partial charge on any atom is 0.308 e. The van der Waals surface area contributed by atoms with E-state index in [1.165, 1.54) is 0 Å². The van der Waals surface area contributed by atoms with Crippen LogP contribution in [0.25, 0.3) is 0 Å². The fourth-order valence-electron chi connectivity index (χ4n) is 2.60. The molecule has 0 heterocycles. The van der Waals surface area contributed by atoms with Crippen molar-refractivity contribution in [2.75, 3.05) is 0 Å². The normalized spacial score (nSPS) is 11.0. The Kier molecular flexibility index (Phi) is 5.88. The van der Waals surface area contributed by atoms with Crippen molar-refractivity contribution in [2.24, 2.45) is 0 Å². The first kappa shape index (κ1) is 20.8. The highest BCUT2D eigenvalue weighted by atomic mass is 32.2. The largest absolute Gasteiger partial charge is 0.420 e. The summed E-state index contributed by atoms with van der Waals surface area (Å²) in [6, 6.07) is 6.29. The van der Waals surface area contributed by atoms with Crippen molar-refractivity contribution in [2.45, 2.75) is 21.6 Å². The monoisotopic (exact) mass is 429 g/mol. The minimum absolute atomic E-state index is 0.105. The molecule has 9 heteroatoms. The second kappa shape index (κ2) is 8.20.